The fourth-order valence-corrected chi connectivity index (χ4v) is 4.54. The number of carboxylic acid groups (broad SMARTS) is 1. The highest BCUT2D eigenvalue weighted by Gasteiger charge is 2.29. The number of carboxylic acids is 1. The zero-order valence-corrected chi connectivity index (χ0v) is 19.6. The highest BCUT2D eigenvalue weighted by Crippen LogP contribution is 2.44. The van der Waals surface area contributed by atoms with Crippen molar-refractivity contribution in [2.75, 3.05) is 25.0 Å². The van der Waals surface area contributed by atoms with Crippen LogP contribution in [0.4, 0.5) is 10.5 Å². The van der Waals surface area contributed by atoms with E-state index in [0.717, 1.165) is 27.8 Å². The second kappa shape index (κ2) is 10.9. The normalized spacial score (nSPS) is 11.9. The third kappa shape index (κ3) is 5.51. The van der Waals surface area contributed by atoms with E-state index in [1.165, 1.54) is 4.90 Å². The van der Waals surface area contributed by atoms with Crippen LogP contribution in [0.1, 0.15) is 36.0 Å². The molecule has 0 spiro atoms. The second-order valence-corrected chi connectivity index (χ2v) is 8.41. The maximum Gasteiger partial charge on any atom is 0.411 e. The quantitative estimate of drug-likeness (QED) is 0.461. The van der Waals surface area contributed by atoms with Crippen LogP contribution in [0.3, 0.4) is 0 Å². The summed E-state index contributed by atoms with van der Waals surface area (Å²) in [4.78, 5) is 37.4. The highest BCUT2D eigenvalue weighted by atomic mass is 16.5. The average molecular weight is 473 g/mol. The summed E-state index contributed by atoms with van der Waals surface area (Å²) in [5, 5.41) is 11.8. The van der Waals surface area contributed by atoms with Crippen LogP contribution < -0.4 is 5.32 Å². The number of nitrogens with one attached hydrogen (secondary N) is 1. The van der Waals surface area contributed by atoms with Crippen molar-refractivity contribution in [3.8, 4) is 11.1 Å². The molecule has 3 aromatic rings. The van der Waals surface area contributed by atoms with E-state index in [1.807, 2.05) is 36.4 Å². The number of rotatable bonds is 9. The average Bonchev–Trinajstić information content (AvgIpc) is 3.19. The molecule has 0 heterocycles. The standard InChI is InChI=1S/C28H28N2O5/c1-2-30(17-27(32)33)26(31)16-15-19-9-3-8-14-25(19)29-28(34)35-18-24-22-12-6-4-10-20(22)21-11-5-7-13-23(21)24/h3-14,24H,2,15-18H2,1H3,(H,29,34)(H,32,33). The molecular formula is C28H28N2O5. The Kier molecular flexibility index (Phi) is 7.45. The van der Waals surface area contributed by atoms with Gasteiger partial charge < -0.3 is 14.7 Å². The summed E-state index contributed by atoms with van der Waals surface area (Å²) in [6.45, 7) is 1.95. The number of ether oxygens (including phenoxy) is 1. The van der Waals surface area contributed by atoms with Gasteiger partial charge in [0, 0.05) is 24.6 Å². The minimum atomic E-state index is -1.04. The lowest BCUT2D eigenvalue weighted by atomic mass is 9.98. The van der Waals surface area contributed by atoms with Crippen LogP contribution in [0.2, 0.25) is 0 Å². The lowest BCUT2D eigenvalue weighted by Gasteiger charge is -2.19. The molecule has 35 heavy (non-hydrogen) atoms. The Morgan fingerprint density at radius 1 is 0.914 bits per heavy atom. The molecule has 2 N–H and O–H groups in total. The van der Waals surface area contributed by atoms with Crippen LogP contribution in [0, 0.1) is 0 Å². The Bertz CT molecular complexity index is 1190. The lowest BCUT2D eigenvalue weighted by molar-refractivity contribution is -0.144. The lowest BCUT2D eigenvalue weighted by Crippen LogP contribution is -2.35. The zero-order valence-electron chi connectivity index (χ0n) is 19.6. The number of hydrogen-bond donors (Lipinski definition) is 2. The Hall–Kier alpha value is -4.13. The molecule has 0 fully saturated rings. The second-order valence-electron chi connectivity index (χ2n) is 8.41. The van der Waals surface area contributed by atoms with Crippen LogP contribution in [0.5, 0.6) is 0 Å². The van der Waals surface area contributed by atoms with E-state index < -0.39 is 12.1 Å². The Morgan fingerprint density at radius 3 is 2.14 bits per heavy atom. The van der Waals surface area contributed by atoms with Crippen molar-refractivity contribution < 1.29 is 24.2 Å². The fraction of sp³-hybridized carbons (Fsp3) is 0.250. The molecule has 0 atom stereocenters. The van der Waals surface area contributed by atoms with Crippen molar-refractivity contribution in [3.05, 3.63) is 89.5 Å². The van der Waals surface area contributed by atoms with Crippen molar-refractivity contribution >= 4 is 23.7 Å². The van der Waals surface area contributed by atoms with Gasteiger partial charge in [-0.15, -0.1) is 0 Å². The molecule has 2 amide bonds. The van der Waals surface area contributed by atoms with Gasteiger partial charge in [0.1, 0.15) is 13.2 Å². The van der Waals surface area contributed by atoms with E-state index in [2.05, 4.69) is 29.6 Å². The van der Waals surface area contributed by atoms with Gasteiger partial charge in [0.25, 0.3) is 0 Å². The minimum Gasteiger partial charge on any atom is -0.480 e. The first-order valence-corrected chi connectivity index (χ1v) is 11.7. The number of fused-ring (bicyclic) bond motifs is 3. The number of aliphatic carboxylic acids is 1. The Morgan fingerprint density at radius 2 is 1.51 bits per heavy atom. The van der Waals surface area contributed by atoms with Crippen molar-refractivity contribution in [2.24, 2.45) is 0 Å². The van der Waals surface area contributed by atoms with Crippen LogP contribution >= 0.6 is 0 Å². The van der Waals surface area contributed by atoms with E-state index in [-0.39, 0.29) is 31.4 Å². The number of carbonyl (C=O) groups is 3. The molecule has 0 radical (unpaired) electrons. The van der Waals surface area contributed by atoms with E-state index in [1.54, 1.807) is 19.1 Å². The number of hydrogen-bond acceptors (Lipinski definition) is 4. The van der Waals surface area contributed by atoms with Gasteiger partial charge in [0.05, 0.1) is 0 Å². The van der Waals surface area contributed by atoms with E-state index >= 15 is 0 Å². The minimum absolute atomic E-state index is 0.0322. The first-order valence-electron chi connectivity index (χ1n) is 11.7. The summed E-state index contributed by atoms with van der Waals surface area (Å²) >= 11 is 0. The smallest absolute Gasteiger partial charge is 0.411 e. The van der Waals surface area contributed by atoms with Gasteiger partial charge in [-0.3, -0.25) is 14.9 Å². The molecule has 1 aliphatic rings. The van der Waals surface area contributed by atoms with Crippen molar-refractivity contribution in [1.29, 1.82) is 0 Å². The molecular weight excluding hydrogens is 444 g/mol. The number of anilines is 1. The third-order valence-electron chi connectivity index (χ3n) is 6.27. The number of amides is 2. The van der Waals surface area contributed by atoms with E-state index in [4.69, 9.17) is 9.84 Å². The number of carbonyl (C=O) groups excluding carboxylic acids is 2. The maximum atomic E-state index is 12.7. The number of para-hydroxylation sites is 1. The topological polar surface area (TPSA) is 95.9 Å². The van der Waals surface area contributed by atoms with E-state index in [9.17, 15) is 14.4 Å². The summed E-state index contributed by atoms with van der Waals surface area (Å²) in [6, 6.07) is 23.5. The molecule has 0 aromatic heterocycles. The molecule has 180 valence electrons. The number of nitrogens with zero attached hydrogens (tertiary/aromatic N) is 1. The first kappa shape index (κ1) is 24.0. The molecule has 0 unspecified atom stereocenters. The Balaban J connectivity index is 1.38. The van der Waals surface area contributed by atoms with E-state index in [0.29, 0.717) is 18.7 Å². The van der Waals surface area contributed by atoms with Gasteiger partial charge >= 0.3 is 12.1 Å². The van der Waals surface area contributed by atoms with Crippen LogP contribution in [-0.4, -0.2) is 47.7 Å². The van der Waals surface area contributed by atoms with Gasteiger partial charge in [-0.1, -0.05) is 66.7 Å². The molecule has 0 bridgehead atoms. The largest absolute Gasteiger partial charge is 0.480 e. The molecule has 0 saturated carbocycles. The summed E-state index contributed by atoms with van der Waals surface area (Å²) in [5.74, 6) is -1.32. The Labute approximate surface area is 204 Å². The van der Waals surface area contributed by atoms with Crippen molar-refractivity contribution in [2.45, 2.75) is 25.7 Å². The zero-order chi connectivity index (χ0) is 24.8. The van der Waals surface area contributed by atoms with Crippen molar-refractivity contribution in [1.82, 2.24) is 4.90 Å². The SMILES string of the molecule is CCN(CC(=O)O)C(=O)CCc1ccccc1NC(=O)OCC1c2ccccc2-c2ccccc21. The summed E-state index contributed by atoms with van der Waals surface area (Å²) in [5.41, 5.74) is 5.95. The molecule has 7 nitrogen and oxygen atoms in total. The summed E-state index contributed by atoms with van der Waals surface area (Å²) in [6.07, 6.45) is -0.0501. The summed E-state index contributed by atoms with van der Waals surface area (Å²) in [7, 11) is 0. The molecule has 0 saturated heterocycles. The molecule has 3 aromatic carbocycles. The molecule has 0 aliphatic heterocycles. The molecule has 4 rings (SSSR count). The monoisotopic (exact) mass is 472 g/mol. The summed E-state index contributed by atoms with van der Waals surface area (Å²) < 4.78 is 5.63. The van der Waals surface area contributed by atoms with Gasteiger partial charge in [-0.05, 0) is 47.2 Å². The maximum absolute atomic E-state index is 12.7. The van der Waals surface area contributed by atoms with Gasteiger partial charge in [0.15, 0.2) is 0 Å². The highest BCUT2D eigenvalue weighted by molar-refractivity contribution is 5.86. The fourth-order valence-electron chi connectivity index (χ4n) is 4.54. The predicted molar refractivity (Wildman–Crippen MR) is 133 cm³/mol. The van der Waals surface area contributed by atoms with Gasteiger partial charge in [-0.25, -0.2) is 4.79 Å². The van der Waals surface area contributed by atoms with Crippen LogP contribution in [0.25, 0.3) is 11.1 Å². The third-order valence-corrected chi connectivity index (χ3v) is 6.27. The van der Waals surface area contributed by atoms with Crippen molar-refractivity contribution in [3.63, 3.8) is 0 Å². The van der Waals surface area contributed by atoms with Gasteiger partial charge in [-0.2, -0.15) is 0 Å². The number of aryl methyl sites for hydroxylation is 1. The van der Waals surface area contributed by atoms with Crippen LogP contribution in [0.15, 0.2) is 72.8 Å². The first-order chi connectivity index (χ1) is 17.0. The number of likely N-dealkylation sites (N-methyl/N-ethyl adjacent to an activating group) is 1. The molecule has 7 heteroatoms. The van der Waals surface area contributed by atoms with Crippen LogP contribution in [-0.2, 0) is 20.7 Å². The number of benzene rings is 3. The molecule has 1 aliphatic carbocycles. The predicted octanol–water partition coefficient (Wildman–Crippen LogP) is 4.91. The van der Waals surface area contributed by atoms with Gasteiger partial charge in [0.2, 0.25) is 5.91 Å².